The molecule has 0 spiro atoms. The van der Waals surface area contributed by atoms with E-state index in [4.69, 9.17) is 10.2 Å². The van der Waals surface area contributed by atoms with Crippen LogP contribution < -0.4 is 5.73 Å². The van der Waals surface area contributed by atoms with Crippen LogP contribution in [0.3, 0.4) is 0 Å². The van der Waals surface area contributed by atoms with Gasteiger partial charge in [-0.2, -0.15) is 0 Å². The molecular weight excluding hydrogens is 158 g/mol. The quantitative estimate of drug-likeness (QED) is 0.526. The zero-order valence-corrected chi connectivity index (χ0v) is 6.19. The van der Waals surface area contributed by atoms with E-state index in [1.807, 2.05) is 0 Å². The van der Waals surface area contributed by atoms with Gasteiger partial charge in [0.05, 0.1) is 6.26 Å². The van der Waals surface area contributed by atoms with Gasteiger partial charge in [0.25, 0.3) is 0 Å². The Morgan fingerprint density at radius 2 is 2.33 bits per heavy atom. The van der Waals surface area contributed by atoms with Crippen molar-refractivity contribution >= 4 is 18.3 Å². The number of nitrogens with two attached hydrogens (primary N) is 1. The second-order valence-electron chi connectivity index (χ2n) is 2.09. The predicted octanol–water partition coefficient (Wildman–Crippen LogP) is 0.591. The van der Waals surface area contributed by atoms with E-state index >= 15 is 0 Å². The summed E-state index contributed by atoms with van der Waals surface area (Å²) in [4.78, 5) is 20.6. The maximum absolute atomic E-state index is 10.3. The van der Waals surface area contributed by atoms with Crippen LogP contribution in [0.2, 0.25) is 0 Å². The lowest BCUT2D eigenvalue weighted by molar-refractivity contribution is -0.113. The van der Waals surface area contributed by atoms with Gasteiger partial charge >= 0.3 is 0 Å². The van der Waals surface area contributed by atoms with Gasteiger partial charge in [0, 0.05) is 11.6 Å². The van der Waals surface area contributed by atoms with Gasteiger partial charge < -0.3 is 10.2 Å². The van der Waals surface area contributed by atoms with E-state index in [1.54, 1.807) is 6.07 Å². The average molecular weight is 165 g/mol. The molecule has 62 valence electrons. The van der Waals surface area contributed by atoms with Gasteiger partial charge in [-0.15, -0.1) is 0 Å². The first-order valence-electron chi connectivity index (χ1n) is 3.24. The van der Waals surface area contributed by atoms with Crippen molar-refractivity contribution in [2.45, 2.75) is 0 Å². The van der Waals surface area contributed by atoms with Gasteiger partial charge in [0.1, 0.15) is 0 Å². The third-order valence-electron chi connectivity index (χ3n) is 1.26. The minimum absolute atomic E-state index is 0.188. The summed E-state index contributed by atoms with van der Waals surface area (Å²) in [6, 6.07) is 1.57. The van der Waals surface area contributed by atoms with Crippen LogP contribution in [-0.4, -0.2) is 12.2 Å². The van der Waals surface area contributed by atoms with Crippen LogP contribution in [0.15, 0.2) is 22.8 Å². The lowest BCUT2D eigenvalue weighted by Gasteiger charge is -1.84. The normalized spacial score (nSPS) is 10.3. The second-order valence-corrected chi connectivity index (χ2v) is 2.09. The molecule has 0 aliphatic rings. The second kappa shape index (κ2) is 3.52. The summed E-state index contributed by atoms with van der Waals surface area (Å²) in [6.45, 7) is 0. The van der Waals surface area contributed by atoms with Crippen LogP contribution >= 0.6 is 0 Å². The first-order valence-corrected chi connectivity index (χ1v) is 3.24. The monoisotopic (exact) mass is 165 g/mol. The van der Waals surface area contributed by atoms with Crippen molar-refractivity contribution in [1.82, 2.24) is 0 Å². The van der Waals surface area contributed by atoms with E-state index in [2.05, 4.69) is 0 Å². The fourth-order valence-corrected chi connectivity index (χ4v) is 0.736. The number of hydrogen-bond acceptors (Lipinski definition) is 3. The van der Waals surface area contributed by atoms with Crippen molar-refractivity contribution < 1.29 is 14.0 Å². The average Bonchev–Trinajstić information content (AvgIpc) is 2.47. The summed E-state index contributed by atoms with van der Waals surface area (Å²) in [5.74, 6) is -0.374. The maximum Gasteiger partial charge on any atom is 0.241 e. The Kier molecular flexibility index (Phi) is 2.42. The van der Waals surface area contributed by atoms with E-state index in [0.717, 1.165) is 6.08 Å². The van der Waals surface area contributed by atoms with Crippen molar-refractivity contribution in [2.75, 3.05) is 0 Å². The number of carbonyl (C=O) groups is 2. The predicted molar refractivity (Wildman–Crippen MR) is 42.3 cm³/mol. The van der Waals surface area contributed by atoms with Gasteiger partial charge in [0.2, 0.25) is 5.91 Å². The molecule has 0 aliphatic heterocycles. The minimum atomic E-state index is -0.562. The molecule has 12 heavy (non-hydrogen) atoms. The molecule has 4 nitrogen and oxygen atoms in total. The van der Waals surface area contributed by atoms with E-state index in [-0.39, 0.29) is 5.76 Å². The highest BCUT2D eigenvalue weighted by Crippen LogP contribution is 2.09. The van der Waals surface area contributed by atoms with Crippen molar-refractivity contribution in [2.24, 2.45) is 5.73 Å². The van der Waals surface area contributed by atoms with Gasteiger partial charge in [-0.25, -0.2) is 0 Å². The zero-order chi connectivity index (χ0) is 8.97. The first-order chi connectivity index (χ1) is 5.74. The number of aldehydes is 1. The molecule has 0 saturated carbocycles. The number of amides is 1. The Balaban J connectivity index is 2.88. The van der Waals surface area contributed by atoms with Crippen LogP contribution in [0.4, 0.5) is 0 Å². The molecule has 0 unspecified atom stereocenters. The molecule has 0 aromatic carbocycles. The molecule has 0 fully saturated rings. The Labute approximate surface area is 68.7 Å². The van der Waals surface area contributed by atoms with E-state index < -0.39 is 5.91 Å². The van der Waals surface area contributed by atoms with Crippen LogP contribution in [0.1, 0.15) is 16.1 Å². The van der Waals surface area contributed by atoms with Crippen molar-refractivity contribution in [3.8, 4) is 0 Å². The van der Waals surface area contributed by atoms with Gasteiger partial charge in [0.15, 0.2) is 12.0 Å². The van der Waals surface area contributed by atoms with Crippen molar-refractivity contribution in [3.63, 3.8) is 0 Å². The van der Waals surface area contributed by atoms with E-state index in [9.17, 15) is 9.59 Å². The number of furan rings is 1. The molecule has 1 aromatic heterocycles. The molecule has 2 N–H and O–H groups in total. The highest BCUT2D eigenvalue weighted by molar-refractivity contribution is 5.91. The van der Waals surface area contributed by atoms with Gasteiger partial charge in [-0.05, 0) is 12.1 Å². The van der Waals surface area contributed by atoms with Crippen molar-refractivity contribution in [1.29, 1.82) is 0 Å². The Hall–Kier alpha value is -1.84. The molecule has 0 saturated heterocycles. The van der Waals surface area contributed by atoms with Crippen LogP contribution in [-0.2, 0) is 4.79 Å². The summed E-state index contributed by atoms with van der Waals surface area (Å²) in [5, 5.41) is 0. The van der Waals surface area contributed by atoms with E-state index in [0.29, 0.717) is 11.8 Å². The fourth-order valence-electron chi connectivity index (χ4n) is 0.736. The third kappa shape index (κ3) is 1.82. The Morgan fingerprint density at radius 1 is 1.58 bits per heavy atom. The standard InChI is InChI=1S/C8H7NO3/c9-8(11)2-1-6-3-4-12-7(6)5-10/h1-5H,(H2,9,11). The molecule has 1 heterocycles. The lowest BCUT2D eigenvalue weighted by atomic mass is 10.2. The number of rotatable bonds is 3. The lowest BCUT2D eigenvalue weighted by Crippen LogP contribution is -2.05. The maximum atomic E-state index is 10.3. The number of hydrogen-bond donors (Lipinski definition) is 1. The SMILES string of the molecule is NC(=O)C=Cc1ccoc1C=O. The van der Waals surface area contributed by atoms with Crippen LogP contribution in [0, 0.1) is 0 Å². The van der Waals surface area contributed by atoms with Gasteiger partial charge in [-0.1, -0.05) is 0 Å². The highest BCUT2D eigenvalue weighted by atomic mass is 16.3. The molecule has 0 radical (unpaired) electrons. The molecule has 1 aromatic rings. The van der Waals surface area contributed by atoms with Crippen LogP contribution in [0.5, 0.6) is 0 Å². The summed E-state index contributed by atoms with van der Waals surface area (Å²) in [6.07, 6.45) is 4.53. The molecule has 0 aliphatic carbocycles. The first kappa shape index (κ1) is 8.26. The minimum Gasteiger partial charge on any atom is -0.461 e. The number of primary amides is 1. The van der Waals surface area contributed by atoms with E-state index in [1.165, 1.54) is 12.3 Å². The smallest absolute Gasteiger partial charge is 0.241 e. The topological polar surface area (TPSA) is 73.3 Å². The Bertz CT molecular complexity index is 325. The summed E-state index contributed by atoms with van der Waals surface area (Å²) in [7, 11) is 0. The number of carbonyl (C=O) groups excluding carboxylic acids is 2. The van der Waals surface area contributed by atoms with Crippen molar-refractivity contribution in [3.05, 3.63) is 29.7 Å². The largest absolute Gasteiger partial charge is 0.461 e. The summed E-state index contributed by atoms with van der Waals surface area (Å²) in [5.41, 5.74) is 5.40. The highest BCUT2D eigenvalue weighted by Gasteiger charge is 2.00. The summed E-state index contributed by atoms with van der Waals surface area (Å²) >= 11 is 0. The molecule has 0 bridgehead atoms. The Morgan fingerprint density at radius 3 is 2.92 bits per heavy atom. The molecule has 1 amide bonds. The zero-order valence-electron chi connectivity index (χ0n) is 6.19. The molecular formula is C8H7NO3. The van der Waals surface area contributed by atoms with Gasteiger partial charge in [-0.3, -0.25) is 9.59 Å². The molecule has 0 atom stereocenters. The summed E-state index contributed by atoms with van der Waals surface area (Å²) < 4.78 is 4.77. The molecule has 1 rings (SSSR count). The van der Waals surface area contributed by atoms with Crippen LogP contribution in [0.25, 0.3) is 6.08 Å². The third-order valence-corrected chi connectivity index (χ3v) is 1.26. The fraction of sp³-hybridized carbons (Fsp3) is 0. The molecule has 4 heteroatoms.